The second-order valence-corrected chi connectivity index (χ2v) is 8.93. The maximum atomic E-state index is 12.2. The summed E-state index contributed by atoms with van der Waals surface area (Å²) < 4.78 is 7.71. The number of halogens is 3. The summed E-state index contributed by atoms with van der Waals surface area (Å²) in [6.07, 6.45) is 1.50. The zero-order valence-corrected chi connectivity index (χ0v) is 20.8. The average Bonchev–Trinajstić information content (AvgIpc) is 2.74. The molecular formula is C21H14ClI2N3O4. The summed E-state index contributed by atoms with van der Waals surface area (Å²) >= 11 is 10.5. The first-order valence-electron chi connectivity index (χ1n) is 8.78. The summed E-state index contributed by atoms with van der Waals surface area (Å²) in [5, 5.41) is 15.4. The summed E-state index contributed by atoms with van der Waals surface area (Å²) in [6.45, 7) is 0.346. The van der Waals surface area contributed by atoms with E-state index in [1.807, 2.05) is 36.4 Å². The number of benzene rings is 3. The van der Waals surface area contributed by atoms with Crippen LogP contribution in [0.4, 0.5) is 5.69 Å². The van der Waals surface area contributed by atoms with Crippen molar-refractivity contribution in [2.75, 3.05) is 0 Å². The first-order valence-corrected chi connectivity index (χ1v) is 11.3. The number of nitrogens with zero attached hydrogens (tertiary/aromatic N) is 2. The van der Waals surface area contributed by atoms with Crippen LogP contribution in [0.1, 0.15) is 21.5 Å². The third-order valence-electron chi connectivity index (χ3n) is 4.05. The van der Waals surface area contributed by atoms with Crippen LogP contribution in [0.5, 0.6) is 5.75 Å². The third kappa shape index (κ3) is 6.37. The van der Waals surface area contributed by atoms with Gasteiger partial charge in [-0.05, 0) is 75.0 Å². The van der Waals surface area contributed by atoms with Crippen molar-refractivity contribution in [3.8, 4) is 5.75 Å². The van der Waals surface area contributed by atoms with Gasteiger partial charge in [0.2, 0.25) is 0 Å². The van der Waals surface area contributed by atoms with Gasteiger partial charge in [0, 0.05) is 28.3 Å². The molecule has 0 aliphatic rings. The molecule has 31 heavy (non-hydrogen) atoms. The highest BCUT2D eigenvalue weighted by molar-refractivity contribution is 14.1. The Balaban J connectivity index is 1.66. The lowest BCUT2D eigenvalue weighted by molar-refractivity contribution is -0.384. The molecule has 1 amide bonds. The number of hydrogen-bond donors (Lipinski definition) is 1. The third-order valence-corrected chi connectivity index (χ3v) is 6.02. The van der Waals surface area contributed by atoms with Crippen LogP contribution < -0.4 is 10.2 Å². The summed E-state index contributed by atoms with van der Waals surface area (Å²) in [7, 11) is 0. The van der Waals surface area contributed by atoms with E-state index in [2.05, 4.69) is 55.7 Å². The maximum absolute atomic E-state index is 12.2. The Bertz CT molecular complexity index is 1150. The monoisotopic (exact) mass is 661 g/mol. The van der Waals surface area contributed by atoms with E-state index in [0.29, 0.717) is 11.6 Å². The van der Waals surface area contributed by atoms with Crippen molar-refractivity contribution in [3.05, 3.63) is 99.6 Å². The van der Waals surface area contributed by atoms with Crippen molar-refractivity contribution in [1.82, 2.24) is 5.43 Å². The van der Waals surface area contributed by atoms with Gasteiger partial charge in [0.15, 0.2) is 0 Å². The Morgan fingerprint density at radius 2 is 1.84 bits per heavy atom. The van der Waals surface area contributed by atoms with Gasteiger partial charge in [-0.15, -0.1) is 0 Å². The van der Waals surface area contributed by atoms with Crippen LogP contribution >= 0.6 is 56.8 Å². The van der Waals surface area contributed by atoms with E-state index >= 15 is 0 Å². The largest absolute Gasteiger partial charge is 0.487 e. The molecule has 0 aromatic heterocycles. The van der Waals surface area contributed by atoms with E-state index in [4.69, 9.17) is 16.3 Å². The minimum Gasteiger partial charge on any atom is -0.487 e. The van der Waals surface area contributed by atoms with Crippen LogP contribution in [-0.2, 0) is 6.61 Å². The van der Waals surface area contributed by atoms with Crippen LogP contribution in [0, 0.1) is 17.3 Å². The fraction of sp³-hybridized carbons (Fsp3) is 0.0476. The van der Waals surface area contributed by atoms with Crippen LogP contribution in [0.15, 0.2) is 65.8 Å². The zero-order valence-electron chi connectivity index (χ0n) is 15.7. The summed E-state index contributed by atoms with van der Waals surface area (Å²) in [5.74, 6) is 0.197. The van der Waals surface area contributed by atoms with E-state index in [9.17, 15) is 14.9 Å². The van der Waals surface area contributed by atoms with Crippen molar-refractivity contribution >= 4 is 74.6 Å². The van der Waals surface area contributed by atoms with Crippen molar-refractivity contribution in [1.29, 1.82) is 0 Å². The van der Waals surface area contributed by atoms with Gasteiger partial charge in [-0.1, -0.05) is 35.9 Å². The first-order chi connectivity index (χ1) is 14.8. The van der Waals surface area contributed by atoms with Gasteiger partial charge in [-0.2, -0.15) is 5.10 Å². The number of rotatable bonds is 7. The van der Waals surface area contributed by atoms with Gasteiger partial charge in [0.1, 0.15) is 12.4 Å². The van der Waals surface area contributed by atoms with E-state index in [1.54, 1.807) is 0 Å². The van der Waals surface area contributed by atoms with Gasteiger partial charge in [-0.25, -0.2) is 5.43 Å². The van der Waals surface area contributed by atoms with Crippen LogP contribution in [-0.4, -0.2) is 17.0 Å². The van der Waals surface area contributed by atoms with E-state index in [-0.39, 0.29) is 11.3 Å². The van der Waals surface area contributed by atoms with E-state index in [0.717, 1.165) is 24.0 Å². The SMILES string of the molecule is O=C(N/N=C\c1cc(I)c(OCc2ccccc2Cl)c(I)c1)c1cccc([N+](=O)[O-])c1. The first kappa shape index (κ1) is 23.4. The van der Waals surface area contributed by atoms with Gasteiger partial charge in [0.05, 0.1) is 18.3 Å². The molecule has 0 saturated heterocycles. The predicted octanol–water partition coefficient (Wildman–Crippen LogP) is 5.80. The average molecular weight is 662 g/mol. The minimum absolute atomic E-state index is 0.152. The number of ether oxygens (including phenoxy) is 1. The molecule has 0 unspecified atom stereocenters. The maximum Gasteiger partial charge on any atom is 0.271 e. The number of nitrogens with one attached hydrogen (secondary N) is 1. The number of amides is 1. The van der Waals surface area contributed by atoms with Crippen LogP contribution in [0.2, 0.25) is 5.02 Å². The minimum atomic E-state index is -0.556. The van der Waals surface area contributed by atoms with Gasteiger partial charge >= 0.3 is 0 Å². The molecule has 3 aromatic carbocycles. The molecule has 0 aliphatic carbocycles. The number of non-ortho nitro benzene ring substituents is 1. The number of nitro groups is 1. The highest BCUT2D eigenvalue weighted by Gasteiger charge is 2.12. The molecule has 0 heterocycles. The normalized spacial score (nSPS) is 10.8. The Labute approximate surface area is 210 Å². The van der Waals surface area contributed by atoms with Gasteiger partial charge in [-0.3, -0.25) is 14.9 Å². The van der Waals surface area contributed by atoms with Gasteiger partial charge < -0.3 is 4.74 Å². The van der Waals surface area contributed by atoms with E-state index < -0.39 is 10.8 Å². The zero-order chi connectivity index (χ0) is 22.4. The number of carbonyl (C=O) groups excluding carboxylic acids is 1. The molecule has 0 saturated carbocycles. The number of carbonyl (C=O) groups is 1. The molecule has 3 aromatic rings. The molecule has 0 spiro atoms. The molecule has 0 atom stereocenters. The number of hydrazone groups is 1. The summed E-state index contributed by atoms with van der Waals surface area (Å²) in [5.41, 5.74) is 4.03. The lowest BCUT2D eigenvalue weighted by Crippen LogP contribution is -2.17. The Morgan fingerprint density at radius 3 is 2.52 bits per heavy atom. The molecular weight excluding hydrogens is 648 g/mol. The lowest BCUT2D eigenvalue weighted by Gasteiger charge is -2.12. The van der Waals surface area contributed by atoms with Crippen molar-refractivity contribution in [2.45, 2.75) is 6.61 Å². The molecule has 0 bridgehead atoms. The number of hydrogen-bond acceptors (Lipinski definition) is 5. The molecule has 0 radical (unpaired) electrons. The lowest BCUT2D eigenvalue weighted by atomic mass is 10.2. The summed E-state index contributed by atoms with van der Waals surface area (Å²) in [6, 6.07) is 16.7. The Morgan fingerprint density at radius 1 is 1.13 bits per heavy atom. The second kappa shape index (κ2) is 10.9. The molecule has 7 nitrogen and oxygen atoms in total. The van der Waals surface area contributed by atoms with Crippen molar-refractivity contribution < 1.29 is 14.5 Å². The molecule has 0 aliphatic heterocycles. The smallest absolute Gasteiger partial charge is 0.271 e. The fourth-order valence-electron chi connectivity index (χ4n) is 2.55. The highest BCUT2D eigenvalue weighted by Crippen LogP contribution is 2.30. The molecule has 3 rings (SSSR count). The Hall–Kier alpha value is -2.25. The quantitative estimate of drug-likeness (QED) is 0.150. The van der Waals surface area contributed by atoms with Crippen molar-refractivity contribution in [3.63, 3.8) is 0 Å². The predicted molar refractivity (Wildman–Crippen MR) is 136 cm³/mol. The topological polar surface area (TPSA) is 93.8 Å². The standard InChI is InChI=1S/C21H14ClI2N3O4/c22-17-7-2-1-4-15(17)12-31-20-18(23)8-13(9-19(20)24)11-25-26-21(28)14-5-3-6-16(10-14)27(29)30/h1-11H,12H2,(H,26,28)/b25-11-. The van der Waals surface area contributed by atoms with Crippen LogP contribution in [0.25, 0.3) is 0 Å². The molecule has 1 N–H and O–H groups in total. The van der Waals surface area contributed by atoms with Crippen molar-refractivity contribution in [2.24, 2.45) is 5.10 Å². The number of nitro benzene ring substituents is 1. The Kier molecular flexibility index (Phi) is 8.21. The molecule has 10 heteroatoms. The second-order valence-electron chi connectivity index (χ2n) is 6.20. The van der Waals surface area contributed by atoms with Gasteiger partial charge in [0.25, 0.3) is 11.6 Å². The van der Waals surface area contributed by atoms with E-state index in [1.165, 1.54) is 30.5 Å². The molecule has 0 fully saturated rings. The van der Waals surface area contributed by atoms with Crippen LogP contribution in [0.3, 0.4) is 0 Å². The molecule has 158 valence electrons. The highest BCUT2D eigenvalue weighted by atomic mass is 127. The summed E-state index contributed by atoms with van der Waals surface area (Å²) in [4.78, 5) is 22.4. The fourth-order valence-corrected chi connectivity index (χ4v) is 4.87.